The first kappa shape index (κ1) is 33.7. The van der Waals surface area contributed by atoms with E-state index in [1.165, 1.54) is 12.1 Å². The molecule has 2 N–H and O–H groups in total. The van der Waals surface area contributed by atoms with E-state index in [9.17, 15) is 27.6 Å². The maximum Gasteiger partial charge on any atom is 0.416 e. The van der Waals surface area contributed by atoms with E-state index in [2.05, 4.69) is 15.7 Å². The summed E-state index contributed by atoms with van der Waals surface area (Å²) in [5.74, 6) is -1.33. The van der Waals surface area contributed by atoms with Crippen molar-refractivity contribution in [2.45, 2.75) is 44.4 Å². The van der Waals surface area contributed by atoms with Crippen molar-refractivity contribution in [2.75, 3.05) is 31.1 Å². The van der Waals surface area contributed by atoms with Crippen molar-refractivity contribution in [3.8, 4) is 5.69 Å². The number of benzene rings is 3. The number of likely N-dealkylation sites (N-methyl/N-ethyl adjacent to an activating group) is 1. The van der Waals surface area contributed by atoms with Crippen molar-refractivity contribution in [1.29, 1.82) is 0 Å². The van der Waals surface area contributed by atoms with Gasteiger partial charge in [0.15, 0.2) is 0 Å². The highest BCUT2D eigenvalue weighted by molar-refractivity contribution is 6.05. The first-order valence-corrected chi connectivity index (χ1v) is 16.3. The molecule has 0 radical (unpaired) electrons. The van der Waals surface area contributed by atoms with Crippen LogP contribution in [0.2, 0.25) is 0 Å². The summed E-state index contributed by atoms with van der Waals surface area (Å²) in [5.41, 5.74) is 1.91. The minimum absolute atomic E-state index is 0.00876. The van der Waals surface area contributed by atoms with Crippen molar-refractivity contribution in [2.24, 2.45) is 0 Å². The molecular weight excluding hydrogens is 633 g/mol. The number of fused-ring (bicyclic) bond motifs is 1. The van der Waals surface area contributed by atoms with Gasteiger partial charge in [0, 0.05) is 55.8 Å². The number of carbonyl (C=O) groups is 3. The lowest BCUT2D eigenvalue weighted by atomic mass is 9.81. The van der Waals surface area contributed by atoms with Crippen molar-refractivity contribution >= 4 is 23.5 Å². The first-order chi connectivity index (χ1) is 23.7. The van der Waals surface area contributed by atoms with Gasteiger partial charge in [-0.2, -0.15) is 18.3 Å². The molecule has 9 nitrogen and oxygen atoms in total. The first-order valence-electron chi connectivity index (χ1n) is 16.3. The summed E-state index contributed by atoms with van der Waals surface area (Å²) in [5, 5.41) is 10.8. The third-order valence-electron chi connectivity index (χ3n) is 8.86. The Bertz CT molecular complexity index is 1850. The summed E-state index contributed by atoms with van der Waals surface area (Å²) >= 11 is 0. The van der Waals surface area contributed by atoms with Crippen LogP contribution < -0.4 is 15.5 Å². The molecule has 2 aliphatic heterocycles. The van der Waals surface area contributed by atoms with Crippen LogP contribution in [0.15, 0.2) is 97.2 Å². The number of hydrogen-bond acceptors (Lipinski definition) is 5. The van der Waals surface area contributed by atoms with Gasteiger partial charge in [0.2, 0.25) is 5.91 Å². The van der Waals surface area contributed by atoms with E-state index in [-0.39, 0.29) is 18.0 Å². The second-order valence-electron chi connectivity index (χ2n) is 12.1. The zero-order chi connectivity index (χ0) is 34.5. The average molecular weight is 671 g/mol. The lowest BCUT2D eigenvalue weighted by Crippen LogP contribution is -2.55. The second-order valence-corrected chi connectivity index (χ2v) is 12.1. The van der Waals surface area contributed by atoms with Crippen LogP contribution in [0.1, 0.15) is 58.3 Å². The van der Waals surface area contributed by atoms with Gasteiger partial charge in [-0.05, 0) is 61.2 Å². The Kier molecular flexibility index (Phi) is 9.95. The van der Waals surface area contributed by atoms with Gasteiger partial charge in [0.1, 0.15) is 11.9 Å². The van der Waals surface area contributed by atoms with Gasteiger partial charge in [0.25, 0.3) is 11.8 Å². The number of likely N-dealkylation sites (tertiary alicyclic amines) is 1. The SMILES string of the molecule is CCN1C(=O)[C@@H](NC(=O)c2cccc(C(F)(F)F)c2)[C@H](c2cccc(CNC/C=C/C(=O)N3CCCC3)c2)c2cnn(-c3ccccc3)c21. The Labute approximate surface area is 282 Å². The van der Waals surface area contributed by atoms with E-state index in [1.807, 2.05) is 66.4 Å². The second kappa shape index (κ2) is 14.5. The number of para-hydroxylation sites is 1. The zero-order valence-corrected chi connectivity index (χ0v) is 27.0. The van der Waals surface area contributed by atoms with Crippen LogP contribution in [0.3, 0.4) is 0 Å². The molecule has 3 aromatic carbocycles. The van der Waals surface area contributed by atoms with E-state index < -0.39 is 35.5 Å². The molecule has 2 aliphatic rings. The highest BCUT2D eigenvalue weighted by atomic mass is 19.4. The topological polar surface area (TPSA) is 99.6 Å². The molecule has 3 amide bonds. The molecule has 49 heavy (non-hydrogen) atoms. The van der Waals surface area contributed by atoms with Gasteiger partial charge in [-0.15, -0.1) is 0 Å². The number of nitrogens with one attached hydrogen (secondary N) is 2. The van der Waals surface area contributed by atoms with Gasteiger partial charge < -0.3 is 15.5 Å². The number of hydrogen-bond donors (Lipinski definition) is 2. The Morgan fingerprint density at radius 2 is 1.73 bits per heavy atom. The van der Waals surface area contributed by atoms with E-state index in [0.29, 0.717) is 24.5 Å². The Morgan fingerprint density at radius 1 is 0.980 bits per heavy atom. The van der Waals surface area contributed by atoms with Crippen LogP contribution in [0, 0.1) is 0 Å². The van der Waals surface area contributed by atoms with E-state index >= 15 is 0 Å². The smallest absolute Gasteiger partial charge is 0.339 e. The van der Waals surface area contributed by atoms with Gasteiger partial charge in [0.05, 0.1) is 17.4 Å². The maximum atomic E-state index is 14.3. The molecular formula is C37H37F3N6O3. The summed E-state index contributed by atoms with van der Waals surface area (Å²) in [6.45, 7) is 4.60. The molecule has 0 saturated carbocycles. The minimum Gasteiger partial charge on any atom is -0.339 e. The number of halogens is 3. The van der Waals surface area contributed by atoms with Gasteiger partial charge in [-0.1, -0.05) is 54.6 Å². The number of anilines is 1. The van der Waals surface area contributed by atoms with Gasteiger partial charge in [-0.25, -0.2) is 4.68 Å². The van der Waals surface area contributed by atoms with Crippen LogP contribution in [0.5, 0.6) is 0 Å². The number of aromatic nitrogens is 2. The monoisotopic (exact) mass is 670 g/mol. The standard InChI is InChI=1S/C37H37F3N6O3/c1-2-45-35-30(24-42-46(35)29-15-4-3-5-16-29)32(33(36(45)49)43-34(48)27-13-9-14-28(22-27)37(38,39)40)26-12-8-11-25(21-26)23-41-18-10-17-31(47)44-19-6-7-20-44/h3-5,8-17,21-22,24,32-33,41H,2,6-7,18-20,23H2,1H3,(H,43,48)/b17-10+/t32-,33+/m1/s1. The third kappa shape index (κ3) is 7.29. The predicted octanol–water partition coefficient (Wildman–Crippen LogP) is 5.46. The molecule has 0 unspecified atom stereocenters. The fourth-order valence-corrected chi connectivity index (χ4v) is 6.48. The highest BCUT2D eigenvalue weighted by Crippen LogP contribution is 2.41. The van der Waals surface area contributed by atoms with Crippen LogP contribution in [0.25, 0.3) is 5.69 Å². The number of amides is 3. The normalized spacial score (nSPS) is 17.8. The fraction of sp³-hybridized carbons (Fsp3) is 0.297. The summed E-state index contributed by atoms with van der Waals surface area (Å²) in [4.78, 5) is 43.5. The van der Waals surface area contributed by atoms with Crippen LogP contribution in [-0.4, -0.2) is 64.6 Å². The van der Waals surface area contributed by atoms with E-state index in [1.54, 1.807) is 27.9 Å². The highest BCUT2D eigenvalue weighted by Gasteiger charge is 2.44. The van der Waals surface area contributed by atoms with Crippen molar-refractivity contribution in [3.63, 3.8) is 0 Å². The Balaban J connectivity index is 1.31. The maximum absolute atomic E-state index is 14.3. The predicted molar refractivity (Wildman–Crippen MR) is 179 cm³/mol. The largest absolute Gasteiger partial charge is 0.416 e. The van der Waals surface area contributed by atoms with E-state index in [4.69, 9.17) is 0 Å². The number of nitrogens with zero attached hydrogens (tertiary/aromatic N) is 4. The number of carbonyl (C=O) groups excluding carboxylic acids is 3. The molecule has 0 aliphatic carbocycles. The van der Waals surface area contributed by atoms with E-state index in [0.717, 1.165) is 54.9 Å². The minimum atomic E-state index is -4.63. The van der Waals surface area contributed by atoms with Crippen molar-refractivity contribution in [3.05, 3.63) is 125 Å². The summed E-state index contributed by atoms with van der Waals surface area (Å²) in [6, 6.07) is 20.0. The molecule has 2 atom stereocenters. The fourth-order valence-electron chi connectivity index (χ4n) is 6.48. The van der Waals surface area contributed by atoms with Gasteiger partial charge >= 0.3 is 6.18 Å². The lowest BCUT2D eigenvalue weighted by molar-refractivity contribution is -0.137. The molecule has 3 heterocycles. The molecule has 1 saturated heterocycles. The molecule has 4 aromatic rings. The third-order valence-corrected chi connectivity index (χ3v) is 8.86. The van der Waals surface area contributed by atoms with Gasteiger partial charge in [-0.3, -0.25) is 19.3 Å². The summed E-state index contributed by atoms with van der Waals surface area (Å²) in [6.07, 6.45) is 2.49. The molecule has 6 rings (SSSR count). The number of alkyl halides is 3. The van der Waals surface area contributed by atoms with Crippen molar-refractivity contribution < 1.29 is 27.6 Å². The van der Waals surface area contributed by atoms with Crippen molar-refractivity contribution in [1.82, 2.24) is 25.3 Å². The summed E-state index contributed by atoms with van der Waals surface area (Å²) in [7, 11) is 0. The Morgan fingerprint density at radius 3 is 2.47 bits per heavy atom. The molecule has 1 fully saturated rings. The van der Waals surface area contributed by atoms with Crippen LogP contribution in [0.4, 0.5) is 19.0 Å². The molecule has 0 spiro atoms. The molecule has 1 aromatic heterocycles. The van der Waals surface area contributed by atoms with Crippen LogP contribution in [-0.2, 0) is 22.3 Å². The quantitative estimate of drug-likeness (QED) is 0.173. The lowest BCUT2D eigenvalue weighted by Gasteiger charge is -2.38. The average Bonchev–Trinajstić information content (AvgIpc) is 3.80. The number of rotatable bonds is 10. The zero-order valence-electron chi connectivity index (χ0n) is 27.0. The Hall–Kier alpha value is -5.23. The molecule has 12 heteroatoms. The summed E-state index contributed by atoms with van der Waals surface area (Å²) < 4.78 is 42.1. The molecule has 0 bridgehead atoms. The molecule has 254 valence electrons. The van der Waals surface area contributed by atoms with Crippen LogP contribution >= 0.6 is 0 Å².